The van der Waals surface area contributed by atoms with Crippen LogP contribution in [-0.4, -0.2) is 29.3 Å². The summed E-state index contributed by atoms with van der Waals surface area (Å²) in [5, 5.41) is 0. The number of rotatable bonds is 3. The van der Waals surface area contributed by atoms with Crippen LogP contribution >= 0.6 is 0 Å². The van der Waals surface area contributed by atoms with Crippen LogP contribution in [0, 0.1) is 17.8 Å². The smallest absolute Gasteiger partial charge is 0.233 e. The van der Waals surface area contributed by atoms with Gasteiger partial charge in [-0.2, -0.15) is 0 Å². The van der Waals surface area contributed by atoms with Crippen molar-refractivity contribution in [3.8, 4) is 0 Å². The first kappa shape index (κ1) is 12.6. The van der Waals surface area contributed by atoms with Crippen LogP contribution < -0.4 is 5.73 Å². The highest BCUT2D eigenvalue weighted by molar-refractivity contribution is 6.05. The molecule has 4 nitrogen and oxygen atoms in total. The van der Waals surface area contributed by atoms with Gasteiger partial charge in [-0.3, -0.25) is 14.5 Å². The van der Waals surface area contributed by atoms with Gasteiger partial charge in [0, 0.05) is 12.6 Å². The minimum atomic E-state index is -0.108. The zero-order valence-electron chi connectivity index (χ0n) is 10.7. The Bertz CT molecular complexity index is 303. The van der Waals surface area contributed by atoms with Crippen LogP contribution in [0.4, 0.5) is 0 Å². The van der Waals surface area contributed by atoms with Gasteiger partial charge in [-0.15, -0.1) is 0 Å². The molecule has 0 bridgehead atoms. The van der Waals surface area contributed by atoms with Crippen LogP contribution in [0.15, 0.2) is 0 Å². The van der Waals surface area contributed by atoms with Gasteiger partial charge in [0.15, 0.2) is 0 Å². The second kappa shape index (κ2) is 4.77. The van der Waals surface area contributed by atoms with E-state index in [0.29, 0.717) is 12.5 Å². The molecule has 1 aliphatic carbocycles. The van der Waals surface area contributed by atoms with Crippen molar-refractivity contribution in [3.63, 3.8) is 0 Å². The molecule has 17 heavy (non-hydrogen) atoms. The Morgan fingerprint density at radius 1 is 1.18 bits per heavy atom. The first-order chi connectivity index (χ1) is 8.02. The van der Waals surface area contributed by atoms with Gasteiger partial charge in [-0.25, -0.2) is 0 Å². The number of likely N-dealkylation sites (tertiary alicyclic amines) is 1. The van der Waals surface area contributed by atoms with Gasteiger partial charge in [0.2, 0.25) is 11.8 Å². The Hall–Kier alpha value is -0.900. The van der Waals surface area contributed by atoms with Gasteiger partial charge in [-0.05, 0) is 18.8 Å². The van der Waals surface area contributed by atoms with Crippen LogP contribution in [0.5, 0.6) is 0 Å². The molecule has 0 spiro atoms. The number of nitrogens with zero attached hydrogens (tertiary/aromatic N) is 1. The molecular formula is C13H22N2O2. The zero-order valence-corrected chi connectivity index (χ0v) is 10.7. The predicted molar refractivity (Wildman–Crippen MR) is 65.0 cm³/mol. The first-order valence-electron chi connectivity index (χ1n) is 6.63. The van der Waals surface area contributed by atoms with Crippen LogP contribution in [0.3, 0.4) is 0 Å². The fraction of sp³-hybridized carbons (Fsp3) is 0.846. The van der Waals surface area contributed by atoms with Crippen molar-refractivity contribution in [1.82, 2.24) is 4.90 Å². The highest BCUT2D eigenvalue weighted by Gasteiger charge is 2.48. The maximum absolute atomic E-state index is 12.2. The van der Waals surface area contributed by atoms with Crippen LogP contribution in [0.1, 0.15) is 39.5 Å². The van der Waals surface area contributed by atoms with E-state index in [9.17, 15) is 9.59 Å². The topological polar surface area (TPSA) is 63.4 Å². The monoisotopic (exact) mass is 238 g/mol. The molecule has 2 amide bonds. The van der Waals surface area contributed by atoms with Crippen molar-refractivity contribution in [1.29, 1.82) is 0 Å². The van der Waals surface area contributed by atoms with Crippen molar-refractivity contribution in [2.75, 3.05) is 6.54 Å². The standard InChI is InChI=1S/C13H22N2O2/c1-8(2)11(14)7-15-12(16)9-5-3-4-6-10(9)13(15)17/h8-11H,3-7,14H2,1-2H3. The molecule has 2 rings (SSSR count). The number of carbonyl (C=O) groups is 2. The zero-order chi connectivity index (χ0) is 12.6. The quantitative estimate of drug-likeness (QED) is 0.750. The summed E-state index contributed by atoms with van der Waals surface area (Å²) in [4.78, 5) is 25.7. The third-order valence-electron chi connectivity index (χ3n) is 4.18. The van der Waals surface area contributed by atoms with E-state index in [2.05, 4.69) is 0 Å². The number of fused-ring (bicyclic) bond motifs is 1. The molecule has 1 saturated carbocycles. The Morgan fingerprint density at radius 3 is 2.06 bits per heavy atom. The molecule has 1 aliphatic heterocycles. The van der Waals surface area contributed by atoms with Crippen LogP contribution in [-0.2, 0) is 9.59 Å². The Morgan fingerprint density at radius 2 is 1.65 bits per heavy atom. The molecule has 1 heterocycles. The lowest BCUT2D eigenvalue weighted by Gasteiger charge is -2.22. The molecule has 3 atom stereocenters. The summed E-state index contributed by atoms with van der Waals surface area (Å²) >= 11 is 0. The molecule has 2 fully saturated rings. The van der Waals surface area contributed by atoms with Gasteiger partial charge >= 0.3 is 0 Å². The molecule has 4 heteroatoms. The highest BCUT2D eigenvalue weighted by Crippen LogP contribution is 2.38. The third kappa shape index (κ3) is 2.23. The Kier molecular flexibility index (Phi) is 3.52. The van der Waals surface area contributed by atoms with Crippen molar-refractivity contribution in [3.05, 3.63) is 0 Å². The van der Waals surface area contributed by atoms with E-state index >= 15 is 0 Å². The van der Waals surface area contributed by atoms with Gasteiger partial charge in [0.05, 0.1) is 11.8 Å². The third-order valence-corrected chi connectivity index (χ3v) is 4.18. The van der Waals surface area contributed by atoms with Gasteiger partial charge in [0.1, 0.15) is 0 Å². The number of hydrogen-bond acceptors (Lipinski definition) is 3. The number of imide groups is 1. The minimum Gasteiger partial charge on any atom is -0.326 e. The summed E-state index contributed by atoms with van der Waals surface area (Å²) in [7, 11) is 0. The van der Waals surface area contributed by atoms with Crippen LogP contribution in [0.2, 0.25) is 0 Å². The molecule has 2 aliphatic rings. The highest BCUT2D eigenvalue weighted by atomic mass is 16.2. The lowest BCUT2D eigenvalue weighted by molar-refractivity contribution is -0.140. The second-order valence-corrected chi connectivity index (χ2v) is 5.69. The molecule has 0 aromatic rings. The van der Waals surface area contributed by atoms with Gasteiger partial charge in [0.25, 0.3) is 0 Å². The van der Waals surface area contributed by atoms with Crippen molar-refractivity contribution >= 4 is 11.8 Å². The first-order valence-corrected chi connectivity index (χ1v) is 6.63. The fourth-order valence-electron chi connectivity index (χ4n) is 2.83. The predicted octanol–water partition coefficient (Wildman–Crippen LogP) is 1.14. The SMILES string of the molecule is CC(C)C(N)CN1C(=O)C2CCCCC2C1=O. The van der Waals surface area contributed by atoms with Crippen molar-refractivity contribution in [2.24, 2.45) is 23.5 Å². The van der Waals surface area contributed by atoms with E-state index < -0.39 is 0 Å². The lowest BCUT2D eigenvalue weighted by Crippen LogP contribution is -2.43. The average molecular weight is 238 g/mol. The Balaban J connectivity index is 2.08. The summed E-state index contributed by atoms with van der Waals surface area (Å²) in [5.41, 5.74) is 5.96. The molecule has 96 valence electrons. The molecule has 0 aromatic carbocycles. The average Bonchev–Trinajstić information content (AvgIpc) is 2.55. The van der Waals surface area contributed by atoms with E-state index in [4.69, 9.17) is 5.73 Å². The maximum Gasteiger partial charge on any atom is 0.233 e. The minimum absolute atomic E-state index is 0.0239. The number of nitrogens with two attached hydrogens (primary N) is 1. The summed E-state index contributed by atoms with van der Waals surface area (Å²) < 4.78 is 0. The van der Waals surface area contributed by atoms with E-state index in [1.165, 1.54) is 4.90 Å². The number of hydrogen-bond donors (Lipinski definition) is 1. The summed E-state index contributed by atoms with van der Waals surface area (Å²) in [6.07, 6.45) is 3.90. The summed E-state index contributed by atoms with van der Waals surface area (Å²) in [6.45, 7) is 4.42. The number of carbonyl (C=O) groups excluding carboxylic acids is 2. The number of amides is 2. The molecule has 2 N–H and O–H groups in total. The van der Waals surface area contributed by atoms with E-state index in [-0.39, 0.29) is 29.7 Å². The maximum atomic E-state index is 12.2. The molecule has 0 radical (unpaired) electrons. The van der Waals surface area contributed by atoms with E-state index in [0.717, 1.165) is 25.7 Å². The summed E-state index contributed by atoms with van der Waals surface area (Å²) in [5.74, 6) is 0.246. The normalized spacial score (nSPS) is 30.9. The molecule has 3 unspecified atom stereocenters. The van der Waals surface area contributed by atoms with Gasteiger partial charge < -0.3 is 5.73 Å². The Labute approximate surface area is 103 Å². The molecular weight excluding hydrogens is 216 g/mol. The van der Waals surface area contributed by atoms with Crippen molar-refractivity contribution < 1.29 is 9.59 Å². The molecule has 0 aromatic heterocycles. The summed E-state index contributed by atoms with van der Waals surface area (Å²) in [6, 6.07) is -0.108. The fourth-order valence-corrected chi connectivity index (χ4v) is 2.83. The van der Waals surface area contributed by atoms with Crippen molar-refractivity contribution in [2.45, 2.75) is 45.6 Å². The second-order valence-electron chi connectivity index (χ2n) is 5.69. The van der Waals surface area contributed by atoms with E-state index in [1.807, 2.05) is 13.8 Å². The van der Waals surface area contributed by atoms with Crippen LogP contribution in [0.25, 0.3) is 0 Å². The van der Waals surface area contributed by atoms with E-state index in [1.54, 1.807) is 0 Å². The largest absolute Gasteiger partial charge is 0.326 e. The lowest BCUT2D eigenvalue weighted by atomic mass is 9.81. The van der Waals surface area contributed by atoms with Gasteiger partial charge in [-0.1, -0.05) is 26.7 Å². The molecule has 1 saturated heterocycles.